The lowest BCUT2D eigenvalue weighted by atomic mass is 10.1. The highest BCUT2D eigenvalue weighted by atomic mass is 35.5. The molecule has 0 saturated carbocycles. The molecule has 0 aromatic carbocycles. The van der Waals surface area contributed by atoms with Crippen molar-refractivity contribution in [1.82, 2.24) is 5.32 Å². The minimum atomic E-state index is -0.477. The maximum Gasteiger partial charge on any atom is 0.407 e. The number of carbonyl (C=O) groups excluding carboxylic acids is 1. The van der Waals surface area contributed by atoms with Crippen LogP contribution in [0.4, 0.5) is 4.79 Å². The Morgan fingerprint density at radius 2 is 1.71 bits per heavy atom. The maximum atomic E-state index is 11.1. The fraction of sp³-hybridized carbons (Fsp3) is 0.889. The van der Waals surface area contributed by atoms with E-state index < -0.39 is 11.6 Å². The van der Waals surface area contributed by atoms with Crippen molar-refractivity contribution in [2.45, 2.75) is 45.7 Å². The number of alkyl carbamates (subject to hydrolysis) is 1. The van der Waals surface area contributed by atoms with E-state index in [-0.39, 0.29) is 24.6 Å². The van der Waals surface area contributed by atoms with Gasteiger partial charge in [0.05, 0.1) is 0 Å². The normalized spacial score (nSPS) is 11.6. The van der Waals surface area contributed by atoms with Crippen LogP contribution in [0.25, 0.3) is 0 Å². The molecule has 5 heteroatoms. The number of halogens is 1. The Bertz CT molecular complexity index is 182. The summed E-state index contributed by atoms with van der Waals surface area (Å²) in [6, 6.07) is 0. The van der Waals surface area contributed by atoms with Crippen molar-refractivity contribution in [3.8, 4) is 0 Å². The highest BCUT2D eigenvalue weighted by molar-refractivity contribution is 5.85. The monoisotopic (exact) mass is 224 g/mol. The largest absolute Gasteiger partial charge is 0.448 e. The topological polar surface area (TPSA) is 64.3 Å². The number of nitrogens with one attached hydrogen (secondary N) is 1. The van der Waals surface area contributed by atoms with E-state index >= 15 is 0 Å². The van der Waals surface area contributed by atoms with Gasteiger partial charge in [-0.2, -0.15) is 0 Å². The van der Waals surface area contributed by atoms with Crippen LogP contribution in [0.5, 0.6) is 0 Å². The van der Waals surface area contributed by atoms with E-state index in [0.29, 0.717) is 0 Å². The van der Waals surface area contributed by atoms with E-state index in [0.717, 1.165) is 0 Å². The summed E-state index contributed by atoms with van der Waals surface area (Å²) in [6.07, 6.45) is -0.425. The summed E-state index contributed by atoms with van der Waals surface area (Å²) in [5, 5.41) is 2.68. The smallest absolute Gasteiger partial charge is 0.407 e. The molecule has 0 aliphatic carbocycles. The first kappa shape index (κ1) is 16.0. The maximum absolute atomic E-state index is 11.1. The van der Waals surface area contributed by atoms with Gasteiger partial charge in [-0.05, 0) is 34.6 Å². The van der Waals surface area contributed by atoms with Gasteiger partial charge in [-0.15, -0.1) is 12.4 Å². The minimum Gasteiger partial charge on any atom is -0.448 e. The third-order valence-electron chi connectivity index (χ3n) is 1.05. The van der Waals surface area contributed by atoms with Gasteiger partial charge in [0, 0.05) is 11.1 Å². The molecule has 3 N–H and O–H groups in total. The molecule has 0 rings (SSSR count). The Labute approximate surface area is 92.0 Å². The minimum absolute atomic E-state index is 0. The molecule has 0 aromatic heterocycles. The van der Waals surface area contributed by atoms with Crippen molar-refractivity contribution in [3.63, 3.8) is 0 Å². The van der Waals surface area contributed by atoms with Crippen LogP contribution in [-0.2, 0) is 4.74 Å². The van der Waals surface area contributed by atoms with Crippen LogP contribution >= 0.6 is 12.4 Å². The molecule has 0 unspecified atom stereocenters. The predicted molar refractivity (Wildman–Crippen MR) is 59.8 cm³/mol. The van der Waals surface area contributed by atoms with Gasteiger partial charge in [-0.1, -0.05) is 0 Å². The molecule has 0 radical (unpaired) electrons. The molecular weight excluding hydrogens is 204 g/mol. The average Bonchev–Trinajstić information content (AvgIpc) is 1.78. The van der Waals surface area contributed by atoms with Crippen LogP contribution in [0.1, 0.15) is 34.6 Å². The molecule has 0 aliphatic heterocycles. The Balaban J connectivity index is 0. The molecule has 0 spiro atoms. The van der Waals surface area contributed by atoms with Gasteiger partial charge in [-0.25, -0.2) is 4.79 Å². The fourth-order valence-electron chi connectivity index (χ4n) is 0.594. The van der Waals surface area contributed by atoms with Crippen molar-refractivity contribution in [2.24, 2.45) is 5.73 Å². The lowest BCUT2D eigenvalue weighted by Crippen LogP contribution is -2.44. The summed E-state index contributed by atoms with van der Waals surface area (Å²) < 4.78 is 4.91. The Morgan fingerprint density at radius 1 is 1.29 bits per heavy atom. The molecule has 0 fully saturated rings. The number of amides is 1. The summed E-state index contributed by atoms with van der Waals surface area (Å²) >= 11 is 0. The van der Waals surface area contributed by atoms with Crippen LogP contribution in [0, 0.1) is 0 Å². The van der Waals surface area contributed by atoms with E-state index in [2.05, 4.69) is 5.32 Å². The number of rotatable bonds is 2. The van der Waals surface area contributed by atoms with Gasteiger partial charge in [0.1, 0.15) is 6.61 Å². The van der Waals surface area contributed by atoms with Gasteiger partial charge < -0.3 is 15.8 Å². The zero-order chi connectivity index (χ0) is 10.7. The number of hydrogen-bond donors (Lipinski definition) is 2. The molecular formula is C9H21ClN2O2. The second kappa shape index (κ2) is 5.41. The van der Waals surface area contributed by atoms with E-state index in [1.165, 1.54) is 0 Å². The molecule has 14 heavy (non-hydrogen) atoms. The van der Waals surface area contributed by atoms with Crippen molar-refractivity contribution < 1.29 is 9.53 Å². The standard InChI is InChI=1S/C9H20N2O2.ClH/c1-8(2,3)11-7(12)13-6-9(4,5)10;/h6,10H2,1-5H3,(H,11,12);1H. The first-order valence-electron chi connectivity index (χ1n) is 4.34. The highest BCUT2D eigenvalue weighted by Crippen LogP contribution is 2.01. The summed E-state index contributed by atoms with van der Waals surface area (Å²) in [7, 11) is 0. The highest BCUT2D eigenvalue weighted by Gasteiger charge is 2.17. The zero-order valence-electron chi connectivity index (χ0n) is 9.51. The van der Waals surface area contributed by atoms with Gasteiger partial charge >= 0.3 is 6.09 Å². The quantitative estimate of drug-likeness (QED) is 0.750. The third-order valence-corrected chi connectivity index (χ3v) is 1.05. The lowest BCUT2D eigenvalue weighted by molar-refractivity contribution is 0.117. The summed E-state index contributed by atoms with van der Waals surface area (Å²) in [5.41, 5.74) is 4.90. The van der Waals surface area contributed by atoms with Crippen molar-refractivity contribution >= 4 is 18.5 Å². The van der Waals surface area contributed by atoms with Gasteiger partial charge in [0.15, 0.2) is 0 Å². The summed E-state index contributed by atoms with van der Waals surface area (Å²) in [4.78, 5) is 11.1. The first-order chi connectivity index (χ1) is 5.60. The first-order valence-corrected chi connectivity index (χ1v) is 4.34. The summed E-state index contributed by atoms with van der Waals surface area (Å²) in [6.45, 7) is 9.50. The van der Waals surface area contributed by atoms with Gasteiger partial charge in [0.2, 0.25) is 0 Å². The Morgan fingerprint density at radius 3 is 2.00 bits per heavy atom. The lowest BCUT2D eigenvalue weighted by Gasteiger charge is -2.23. The SMILES string of the molecule is CC(C)(N)COC(=O)NC(C)(C)C.Cl. The number of carbonyl (C=O) groups is 1. The molecule has 0 aliphatic rings. The molecule has 0 aromatic rings. The predicted octanol–water partition coefficient (Wildman–Crippen LogP) is 1.67. The van der Waals surface area contributed by atoms with E-state index in [9.17, 15) is 4.79 Å². The number of ether oxygens (including phenoxy) is 1. The van der Waals surface area contributed by atoms with E-state index in [1.54, 1.807) is 13.8 Å². The Kier molecular flexibility index (Phi) is 6.17. The number of nitrogens with two attached hydrogens (primary N) is 1. The van der Waals surface area contributed by atoms with Gasteiger partial charge in [-0.3, -0.25) is 0 Å². The van der Waals surface area contributed by atoms with E-state index in [1.807, 2.05) is 20.8 Å². The molecule has 4 nitrogen and oxygen atoms in total. The fourth-order valence-corrected chi connectivity index (χ4v) is 0.594. The second-order valence-corrected chi connectivity index (χ2v) is 4.94. The third kappa shape index (κ3) is 11.5. The van der Waals surface area contributed by atoms with Crippen LogP contribution in [0.3, 0.4) is 0 Å². The van der Waals surface area contributed by atoms with Crippen LogP contribution in [0.15, 0.2) is 0 Å². The molecule has 0 atom stereocenters. The second-order valence-electron chi connectivity index (χ2n) is 4.94. The van der Waals surface area contributed by atoms with Crippen molar-refractivity contribution in [3.05, 3.63) is 0 Å². The van der Waals surface area contributed by atoms with Gasteiger partial charge in [0.25, 0.3) is 0 Å². The van der Waals surface area contributed by atoms with Crippen molar-refractivity contribution in [2.75, 3.05) is 6.61 Å². The Hall–Kier alpha value is -0.480. The zero-order valence-corrected chi connectivity index (χ0v) is 10.3. The van der Waals surface area contributed by atoms with E-state index in [4.69, 9.17) is 10.5 Å². The summed E-state index contributed by atoms with van der Waals surface area (Å²) in [5.74, 6) is 0. The number of hydrogen-bond acceptors (Lipinski definition) is 3. The molecule has 1 amide bonds. The van der Waals surface area contributed by atoms with Crippen molar-refractivity contribution in [1.29, 1.82) is 0 Å². The molecule has 0 heterocycles. The molecule has 0 bridgehead atoms. The average molecular weight is 225 g/mol. The van der Waals surface area contributed by atoms with Crippen LogP contribution < -0.4 is 11.1 Å². The molecule has 86 valence electrons. The van der Waals surface area contributed by atoms with Crippen LogP contribution in [0.2, 0.25) is 0 Å². The van der Waals surface area contributed by atoms with Crippen LogP contribution in [-0.4, -0.2) is 23.8 Å². The molecule has 0 saturated heterocycles.